The van der Waals surface area contributed by atoms with E-state index >= 15 is 0 Å². The van der Waals surface area contributed by atoms with Gasteiger partial charge in [0.05, 0.1) is 6.04 Å². The summed E-state index contributed by atoms with van der Waals surface area (Å²) in [7, 11) is -3.34. The topological polar surface area (TPSA) is 71.1 Å². The van der Waals surface area contributed by atoms with Crippen molar-refractivity contribution in [2.24, 2.45) is 5.92 Å². The Morgan fingerprint density at radius 1 is 0.667 bits per heavy atom. The third kappa shape index (κ3) is 6.70. The number of ether oxygens (including phenoxy) is 1. The average molecular weight is 463 g/mol. The molecule has 1 aliphatic heterocycles. The zero-order valence-corrected chi connectivity index (χ0v) is 19.2. The predicted molar refractivity (Wildman–Crippen MR) is 125 cm³/mol. The highest BCUT2D eigenvalue weighted by Gasteiger charge is 2.49. The molecule has 170 valence electrons. The van der Waals surface area contributed by atoms with E-state index in [1.165, 1.54) is 0 Å². The molecule has 0 aliphatic carbocycles. The standard InChI is InChI=1S/C26H26O6Si/c27-25-19-21(20-26(28)29-25)11-10-18-33(30-22-12-4-1-5-13-22,31-23-14-6-2-7-15-23)32-24-16-8-3-9-17-24/h1-9,12-17,21H,10-11,18-20H2. The lowest BCUT2D eigenvalue weighted by atomic mass is 9.95. The molecule has 0 amide bonds. The molecule has 6 nitrogen and oxygen atoms in total. The van der Waals surface area contributed by atoms with Crippen LogP contribution in [0.5, 0.6) is 17.2 Å². The summed E-state index contributed by atoms with van der Waals surface area (Å²) in [5, 5.41) is 0. The van der Waals surface area contributed by atoms with Crippen molar-refractivity contribution in [3.63, 3.8) is 0 Å². The first-order valence-corrected chi connectivity index (χ1v) is 13.0. The predicted octanol–water partition coefficient (Wildman–Crippen LogP) is 5.42. The molecule has 1 heterocycles. The molecule has 0 radical (unpaired) electrons. The van der Waals surface area contributed by atoms with Crippen LogP contribution in [-0.4, -0.2) is 20.7 Å². The largest absolute Gasteiger partial charge is 0.699 e. The molecule has 0 saturated carbocycles. The normalized spacial score (nSPS) is 14.4. The highest BCUT2D eigenvalue weighted by molar-refractivity contribution is 6.63. The molecular weight excluding hydrogens is 436 g/mol. The van der Waals surface area contributed by atoms with E-state index in [-0.39, 0.29) is 18.8 Å². The van der Waals surface area contributed by atoms with Crippen LogP contribution in [0.1, 0.15) is 25.7 Å². The molecule has 0 aromatic heterocycles. The van der Waals surface area contributed by atoms with Crippen LogP contribution in [-0.2, 0) is 14.3 Å². The van der Waals surface area contributed by atoms with Gasteiger partial charge in [0.2, 0.25) is 0 Å². The molecule has 1 fully saturated rings. The third-order valence-corrected chi connectivity index (χ3v) is 7.89. The fourth-order valence-corrected chi connectivity index (χ4v) is 6.34. The molecular formula is C26H26O6Si. The molecule has 0 bridgehead atoms. The fourth-order valence-electron chi connectivity index (χ4n) is 3.79. The second-order valence-electron chi connectivity index (χ2n) is 7.94. The van der Waals surface area contributed by atoms with E-state index in [9.17, 15) is 9.59 Å². The van der Waals surface area contributed by atoms with Crippen LogP contribution in [0, 0.1) is 5.92 Å². The molecule has 1 saturated heterocycles. The maximum absolute atomic E-state index is 11.7. The van der Waals surface area contributed by atoms with Gasteiger partial charge >= 0.3 is 20.7 Å². The van der Waals surface area contributed by atoms with Gasteiger partial charge in [0.1, 0.15) is 17.2 Å². The number of esters is 2. The summed E-state index contributed by atoms with van der Waals surface area (Å²) in [6.45, 7) is 0. The van der Waals surface area contributed by atoms with Crippen molar-refractivity contribution in [1.82, 2.24) is 0 Å². The van der Waals surface area contributed by atoms with Crippen molar-refractivity contribution in [3.05, 3.63) is 91.0 Å². The summed E-state index contributed by atoms with van der Waals surface area (Å²) >= 11 is 0. The lowest BCUT2D eigenvalue weighted by molar-refractivity contribution is -0.165. The van der Waals surface area contributed by atoms with Crippen molar-refractivity contribution in [3.8, 4) is 17.2 Å². The molecule has 0 spiro atoms. The van der Waals surface area contributed by atoms with Crippen molar-refractivity contribution in [2.75, 3.05) is 0 Å². The number of carbonyl (C=O) groups excluding carboxylic acids is 2. The first-order chi connectivity index (χ1) is 16.1. The minimum atomic E-state index is -3.34. The molecule has 0 atom stereocenters. The van der Waals surface area contributed by atoms with E-state index in [0.717, 1.165) is 0 Å². The van der Waals surface area contributed by atoms with E-state index in [2.05, 4.69) is 4.74 Å². The lowest BCUT2D eigenvalue weighted by Gasteiger charge is -2.31. The van der Waals surface area contributed by atoms with Crippen LogP contribution in [0.4, 0.5) is 0 Å². The quantitative estimate of drug-likeness (QED) is 0.228. The number of benzene rings is 3. The van der Waals surface area contributed by atoms with E-state index in [4.69, 9.17) is 13.3 Å². The minimum absolute atomic E-state index is 0.0457. The van der Waals surface area contributed by atoms with Crippen LogP contribution in [0.3, 0.4) is 0 Å². The maximum Gasteiger partial charge on any atom is 0.699 e. The highest BCUT2D eigenvalue weighted by Crippen LogP contribution is 2.30. The summed E-state index contributed by atoms with van der Waals surface area (Å²) in [5.74, 6) is 1.02. The summed E-state index contributed by atoms with van der Waals surface area (Å²) < 4.78 is 24.1. The fraction of sp³-hybridized carbons (Fsp3) is 0.231. The van der Waals surface area contributed by atoms with Crippen molar-refractivity contribution in [1.29, 1.82) is 0 Å². The molecule has 3 aromatic carbocycles. The third-order valence-electron chi connectivity index (χ3n) is 5.28. The van der Waals surface area contributed by atoms with Gasteiger partial charge in [0.15, 0.2) is 0 Å². The number of hydrogen-bond acceptors (Lipinski definition) is 6. The van der Waals surface area contributed by atoms with Gasteiger partial charge in [-0.25, -0.2) is 0 Å². The first-order valence-electron chi connectivity index (χ1n) is 11.1. The summed E-state index contributed by atoms with van der Waals surface area (Å²) in [6.07, 6.45) is 1.84. The van der Waals surface area contributed by atoms with Crippen LogP contribution in [0.25, 0.3) is 0 Å². The lowest BCUT2D eigenvalue weighted by Crippen LogP contribution is -2.54. The molecule has 3 aromatic rings. The van der Waals surface area contributed by atoms with Gasteiger partial charge in [0, 0.05) is 12.8 Å². The molecule has 1 aliphatic rings. The molecule has 33 heavy (non-hydrogen) atoms. The van der Waals surface area contributed by atoms with Crippen LogP contribution >= 0.6 is 0 Å². The minimum Gasteiger partial charge on any atom is -0.483 e. The Morgan fingerprint density at radius 2 is 1.06 bits per heavy atom. The number of rotatable bonds is 10. The van der Waals surface area contributed by atoms with Crippen LogP contribution in [0.2, 0.25) is 6.04 Å². The molecule has 0 unspecified atom stereocenters. The van der Waals surface area contributed by atoms with Gasteiger partial charge in [-0.2, -0.15) is 0 Å². The van der Waals surface area contributed by atoms with E-state index in [0.29, 0.717) is 36.1 Å². The van der Waals surface area contributed by atoms with E-state index in [1.807, 2.05) is 91.0 Å². The Kier molecular flexibility index (Phi) is 7.42. The summed E-state index contributed by atoms with van der Waals surface area (Å²) in [6, 6.07) is 28.9. The molecule has 7 heteroatoms. The Bertz CT molecular complexity index is 925. The molecule has 0 N–H and O–H groups in total. The maximum atomic E-state index is 11.7. The Labute approximate surface area is 194 Å². The van der Waals surface area contributed by atoms with E-state index < -0.39 is 20.7 Å². The Hall–Kier alpha value is -3.58. The van der Waals surface area contributed by atoms with Crippen molar-refractivity contribution in [2.45, 2.75) is 31.7 Å². The van der Waals surface area contributed by atoms with Crippen LogP contribution < -0.4 is 13.3 Å². The second kappa shape index (κ2) is 10.8. The van der Waals surface area contributed by atoms with Gasteiger partial charge in [-0.3, -0.25) is 9.59 Å². The van der Waals surface area contributed by atoms with Crippen molar-refractivity contribution < 1.29 is 27.6 Å². The monoisotopic (exact) mass is 462 g/mol. The number of para-hydroxylation sites is 3. The van der Waals surface area contributed by atoms with E-state index in [1.54, 1.807) is 0 Å². The van der Waals surface area contributed by atoms with Crippen molar-refractivity contribution >= 4 is 20.7 Å². The Morgan fingerprint density at radius 3 is 1.45 bits per heavy atom. The zero-order chi connectivity index (χ0) is 22.9. The zero-order valence-electron chi connectivity index (χ0n) is 18.2. The van der Waals surface area contributed by atoms with Gasteiger partial charge < -0.3 is 18.0 Å². The average Bonchev–Trinajstić information content (AvgIpc) is 2.80. The number of cyclic esters (lactones) is 2. The highest BCUT2D eigenvalue weighted by atomic mass is 28.4. The molecule has 4 rings (SSSR count). The van der Waals surface area contributed by atoms with Gasteiger partial charge in [-0.05, 0) is 55.2 Å². The van der Waals surface area contributed by atoms with Gasteiger partial charge in [0.25, 0.3) is 0 Å². The Balaban J connectivity index is 1.58. The first kappa shape index (κ1) is 22.6. The SMILES string of the molecule is O=C1CC(CCC[Si](Oc2ccccc2)(Oc2ccccc2)Oc2ccccc2)CC(=O)O1. The smallest absolute Gasteiger partial charge is 0.483 e. The van der Waals surface area contributed by atoms with Gasteiger partial charge in [-0.1, -0.05) is 54.6 Å². The second-order valence-corrected chi connectivity index (χ2v) is 10.4. The summed E-state index contributed by atoms with van der Waals surface area (Å²) in [4.78, 5) is 23.3. The van der Waals surface area contributed by atoms with Crippen LogP contribution in [0.15, 0.2) is 91.0 Å². The van der Waals surface area contributed by atoms with Gasteiger partial charge in [-0.15, -0.1) is 0 Å². The number of carbonyl (C=O) groups is 2. The summed E-state index contributed by atoms with van der Waals surface area (Å²) in [5.41, 5.74) is 0. The number of hydrogen-bond donors (Lipinski definition) is 0.